The van der Waals surface area contributed by atoms with Gasteiger partial charge < -0.3 is 0 Å². The van der Waals surface area contributed by atoms with Crippen molar-refractivity contribution in [2.45, 2.75) is 26.2 Å². The van der Waals surface area contributed by atoms with Crippen LogP contribution in [0.4, 0.5) is 0 Å². The molecule has 1 unspecified atom stereocenters. The molecule has 0 nitrogen and oxygen atoms in total. The summed E-state index contributed by atoms with van der Waals surface area (Å²) in [6, 6.07) is 0. The molecule has 0 N–H and O–H groups in total. The Bertz CT molecular complexity index is 105. The molecule has 0 amide bonds. The molecule has 0 radical (unpaired) electrons. The molecular weight excluding hydrogens is 120 g/mol. The topological polar surface area (TPSA) is 0 Å². The fraction of sp³-hybridized carbons (Fsp3) is 0.714. The van der Waals surface area contributed by atoms with E-state index in [0.29, 0.717) is 5.92 Å². The van der Waals surface area contributed by atoms with Gasteiger partial charge in [-0.2, -0.15) is 0 Å². The molecule has 0 saturated carbocycles. The van der Waals surface area contributed by atoms with Gasteiger partial charge in [0.15, 0.2) is 0 Å². The van der Waals surface area contributed by atoms with Crippen LogP contribution < -0.4 is 0 Å². The van der Waals surface area contributed by atoms with Gasteiger partial charge in [-0.3, -0.25) is 0 Å². The van der Waals surface area contributed by atoms with Gasteiger partial charge in [-0.1, -0.05) is 24.6 Å². The van der Waals surface area contributed by atoms with Gasteiger partial charge in [-0.15, -0.1) is 0 Å². The predicted molar refractivity (Wildman–Crippen MR) is 37.0 cm³/mol. The maximum atomic E-state index is 5.83. The van der Waals surface area contributed by atoms with E-state index in [2.05, 4.69) is 13.0 Å². The molecule has 0 aliphatic heterocycles. The Morgan fingerprint density at radius 2 is 2.50 bits per heavy atom. The first-order chi connectivity index (χ1) is 3.80. The van der Waals surface area contributed by atoms with Crippen LogP contribution in [0, 0.1) is 5.92 Å². The summed E-state index contributed by atoms with van der Waals surface area (Å²) in [7, 11) is 0. The Kier molecular flexibility index (Phi) is 1.95. The van der Waals surface area contributed by atoms with E-state index >= 15 is 0 Å². The quantitative estimate of drug-likeness (QED) is 0.473. The zero-order chi connectivity index (χ0) is 5.98. The van der Waals surface area contributed by atoms with Gasteiger partial charge in [-0.25, -0.2) is 0 Å². The van der Waals surface area contributed by atoms with Crippen molar-refractivity contribution in [2.24, 2.45) is 5.92 Å². The Balaban J connectivity index is 2.53. The fourth-order valence-corrected chi connectivity index (χ4v) is 1.22. The van der Waals surface area contributed by atoms with Crippen LogP contribution in [0.15, 0.2) is 11.1 Å². The van der Waals surface area contributed by atoms with Crippen LogP contribution in [0.5, 0.6) is 0 Å². The van der Waals surface area contributed by atoms with Gasteiger partial charge in [0.2, 0.25) is 0 Å². The maximum Gasteiger partial charge on any atom is 0.0169 e. The molecule has 0 heterocycles. The van der Waals surface area contributed by atoms with E-state index in [1.54, 1.807) is 0 Å². The molecule has 0 fully saturated rings. The third kappa shape index (κ3) is 1.25. The second kappa shape index (κ2) is 2.54. The average molecular weight is 131 g/mol. The van der Waals surface area contributed by atoms with Gasteiger partial charge in [0.25, 0.3) is 0 Å². The van der Waals surface area contributed by atoms with E-state index in [0.717, 1.165) is 5.03 Å². The molecule has 0 aromatic rings. The zero-order valence-electron chi connectivity index (χ0n) is 5.15. The van der Waals surface area contributed by atoms with E-state index in [4.69, 9.17) is 11.6 Å². The van der Waals surface area contributed by atoms with Crippen molar-refractivity contribution in [3.63, 3.8) is 0 Å². The number of hydrogen-bond acceptors (Lipinski definition) is 0. The minimum absolute atomic E-state index is 0.630. The largest absolute Gasteiger partial charge is 0.0892 e. The molecule has 0 aromatic heterocycles. The Morgan fingerprint density at radius 1 is 1.75 bits per heavy atom. The third-order valence-electron chi connectivity index (χ3n) is 1.65. The van der Waals surface area contributed by atoms with Gasteiger partial charge in [0.1, 0.15) is 0 Å². The molecule has 0 spiro atoms. The highest BCUT2D eigenvalue weighted by atomic mass is 35.5. The van der Waals surface area contributed by atoms with Crippen molar-refractivity contribution in [2.75, 3.05) is 0 Å². The van der Waals surface area contributed by atoms with Crippen molar-refractivity contribution < 1.29 is 0 Å². The van der Waals surface area contributed by atoms with Gasteiger partial charge in [-0.05, 0) is 25.2 Å². The normalized spacial score (nSPS) is 29.8. The molecule has 0 aromatic carbocycles. The molecule has 0 saturated heterocycles. The third-order valence-corrected chi connectivity index (χ3v) is 2.18. The smallest absolute Gasteiger partial charge is 0.0169 e. The minimum atomic E-state index is 0.630. The van der Waals surface area contributed by atoms with Crippen LogP contribution in [0.2, 0.25) is 0 Å². The lowest BCUT2D eigenvalue weighted by molar-refractivity contribution is 0.574. The highest BCUT2D eigenvalue weighted by molar-refractivity contribution is 6.29. The maximum absolute atomic E-state index is 5.83. The molecule has 1 aliphatic rings. The molecular formula is C7H11Cl. The fourth-order valence-electron chi connectivity index (χ4n) is 1.00. The van der Waals surface area contributed by atoms with Crippen LogP contribution in [0.25, 0.3) is 0 Å². The summed E-state index contributed by atoms with van der Waals surface area (Å²) >= 11 is 5.83. The highest BCUT2D eigenvalue weighted by Gasteiger charge is 2.08. The minimum Gasteiger partial charge on any atom is -0.0892 e. The van der Waals surface area contributed by atoms with Crippen molar-refractivity contribution >= 4 is 11.6 Å². The SMILES string of the molecule is CC1CCCC=C1Cl. The predicted octanol–water partition coefficient (Wildman–Crippen LogP) is 2.93. The summed E-state index contributed by atoms with van der Waals surface area (Å²) in [5, 5.41) is 1.07. The van der Waals surface area contributed by atoms with Crippen LogP contribution >= 0.6 is 11.6 Å². The standard InChI is InChI=1S/C7H11Cl/c1-6-4-2-3-5-7(6)8/h5-6H,2-4H2,1H3. The molecule has 1 heteroatoms. The number of allylic oxidation sites excluding steroid dienone is 2. The van der Waals surface area contributed by atoms with E-state index < -0.39 is 0 Å². The lowest BCUT2D eigenvalue weighted by Gasteiger charge is -2.13. The van der Waals surface area contributed by atoms with Gasteiger partial charge in [0, 0.05) is 5.03 Å². The van der Waals surface area contributed by atoms with Crippen LogP contribution in [-0.2, 0) is 0 Å². The first kappa shape index (κ1) is 6.15. The van der Waals surface area contributed by atoms with Crippen LogP contribution in [-0.4, -0.2) is 0 Å². The summed E-state index contributed by atoms with van der Waals surface area (Å²) in [5.74, 6) is 0.630. The molecule has 46 valence electrons. The first-order valence-electron chi connectivity index (χ1n) is 3.16. The number of halogens is 1. The van der Waals surface area contributed by atoms with Gasteiger partial charge in [0.05, 0.1) is 0 Å². The Hall–Kier alpha value is 0.0300. The van der Waals surface area contributed by atoms with Gasteiger partial charge >= 0.3 is 0 Å². The molecule has 1 rings (SSSR count). The molecule has 8 heavy (non-hydrogen) atoms. The summed E-state index contributed by atoms with van der Waals surface area (Å²) in [6.07, 6.45) is 5.91. The molecule has 1 atom stereocenters. The Labute approximate surface area is 55.5 Å². The van der Waals surface area contributed by atoms with Crippen LogP contribution in [0.1, 0.15) is 26.2 Å². The molecule has 1 aliphatic carbocycles. The monoisotopic (exact) mass is 130 g/mol. The molecule has 0 bridgehead atoms. The highest BCUT2D eigenvalue weighted by Crippen LogP contribution is 2.26. The van der Waals surface area contributed by atoms with Crippen molar-refractivity contribution in [3.05, 3.63) is 11.1 Å². The number of rotatable bonds is 0. The van der Waals surface area contributed by atoms with E-state index in [9.17, 15) is 0 Å². The first-order valence-corrected chi connectivity index (χ1v) is 3.54. The Morgan fingerprint density at radius 3 is 2.88 bits per heavy atom. The lowest BCUT2D eigenvalue weighted by atomic mass is 9.98. The second-order valence-corrected chi connectivity index (χ2v) is 2.86. The summed E-state index contributed by atoms with van der Waals surface area (Å²) < 4.78 is 0. The number of hydrogen-bond donors (Lipinski definition) is 0. The van der Waals surface area contributed by atoms with E-state index in [-0.39, 0.29) is 0 Å². The summed E-state index contributed by atoms with van der Waals surface area (Å²) in [5.41, 5.74) is 0. The van der Waals surface area contributed by atoms with E-state index in [1.807, 2.05) is 0 Å². The van der Waals surface area contributed by atoms with Crippen LogP contribution in [0.3, 0.4) is 0 Å². The summed E-state index contributed by atoms with van der Waals surface area (Å²) in [6.45, 7) is 2.18. The average Bonchev–Trinajstić information content (AvgIpc) is 1.77. The van der Waals surface area contributed by atoms with Crippen molar-refractivity contribution in [1.29, 1.82) is 0 Å². The summed E-state index contributed by atoms with van der Waals surface area (Å²) in [4.78, 5) is 0. The van der Waals surface area contributed by atoms with E-state index in [1.165, 1.54) is 19.3 Å². The second-order valence-electron chi connectivity index (χ2n) is 2.42. The van der Waals surface area contributed by atoms with Crippen molar-refractivity contribution in [1.82, 2.24) is 0 Å². The van der Waals surface area contributed by atoms with Crippen molar-refractivity contribution in [3.8, 4) is 0 Å². The lowest BCUT2D eigenvalue weighted by Crippen LogP contribution is -1.98. The zero-order valence-corrected chi connectivity index (χ0v) is 5.91.